The number of carbonyl (C=O) groups is 1. The van der Waals surface area contributed by atoms with E-state index in [-0.39, 0.29) is 23.7 Å². The highest BCUT2D eigenvalue weighted by Gasteiger charge is 2.22. The van der Waals surface area contributed by atoms with E-state index >= 15 is 0 Å². The van der Waals surface area contributed by atoms with Gasteiger partial charge in [-0.1, -0.05) is 42.5 Å². The van der Waals surface area contributed by atoms with Crippen molar-refractivity contribution in [1.82, 2.24) is 0 Å². The van der Waals surface area contributed by atoms with E-state index in [1.807, 2.05) is 55.0 Å². The fourth-order valence-corrected chi connectivity index (χ4v) is 3.86. The van der Waals surface area contributed by atoms with Crippen LogP contribution >= 0.6 is 23.5 Å². The van der Waals surface area contributed by atoms with Crippen LogP contribution in [0.25, 0.3) is 10.8 Å². The largest absolute Gasteiger partial charge is 0.295 e. The Kier molecular flexibility index (Phi) is 6.87. The van der Waals surface area contributed by atoms with Crippen molar-refractivity contribution in [2.75, 3.05) is 19.1 Å². The SMILES string of the molecule is CSC(=CC(=O)CC(C[N+](=O)[O-])c1cccc2ccccc12)SC. The molecule has 0 fully saturated rings. The molecule has 0 spiro atoms. The van der Waals surface area contributed by atoms with Crippen molar-refractivity contribution in [2.24, 2.45) is 0 Å². The predicted octanol–water partition coefficient (Wildman–Crippen LogP) is 4.73. The zero-order valence-corrected chi connectivity index (χ0v) is 15.2. The number of thioether (sulfide) groups is 2. The molecule has 2 rings (SSSR count). The van der Waals surface area contributed by atoms with E-state index < -0.39 is 5.92 Å². The average molecular weight is 361 g/mol. The first-order valence-electron chi connectivity index (χ1n) is 7.47. The summed E-state index contributed by atoms with van der Waals surface area (Å²) in [6.45, 7) is -0.249. The number of allylic oxidation sites excluding steroid dienone is 1. The van der Waals surface area contributed by atoms with Gasteiger partial charge in [0.25, 0.3) is 0 Å². The molecule has 0 radical (unpaired) electrons. The smallest absolute Gasteiger partial charge is 0.211 e. The fraction of sp³-hybridized carbons (Fsp3) is 0.278. The molecular formula is C18H19NO3S2. The number of nitrogens with zero attached hydrogens (tertiary/aromatic N) is 1. The van der Waals surface area contributed by atoms with Crippen LogP contribution < -0.4 is 0 Å². The van der Waals surface area contributed by atoms with E-state index in [2.05, 4.69) is 0 Å². The van der Waals surface area contributed by atoms with Gasteiger partial charge < -0.3 is 0 Å². The van der Waals surface area contributed by atoms with Gasteiger partial charge in [0.15, 0.2) is 5.78 Å². The van der Waals surface area contributed by atoms with Crippen LogP contribution in [0.3, 0.4) is 0 Å². The minimum absolute atomic E-state index is 0.0755. The Balaban J connectivity index is 2.36. The zero-order chi connectivity index (χ0) is 17.5. The Labute approximate surface area is 149 Å². The molecule has 0 heterocycles. The Morgan fingerprint density at radius 3 is 2.50 bits per heavy atom. The van der Waals surface area contributed by atoms with Gasteiger partial charge in [-0.25, -0.2) is 0 Å². The average Bonchev–Trinajstić information content (AvgIpc) is 2.58. The second-order valence-electron chi connectivity index (χ2n) is 5.32. The maximum atomic E-state index is 12.3. The van der Waals surface area contributed by atoms with Crippen LogP contribution in [-0.2, 0) is 4.79 Å². The number of nitro groups is 1. The molecule has 2 aromatic rings. The predicted molar refractivity (Wildman–Crippen MR) is 103 cm³/mol. The molecule has 4 nitrogen and oxygen atoms in total. The lowest BCUT2D eigenvalue weighted by atomic mass is 9.89. The van der Waals surface area contributed by atoms with E-state index in [1.54, 1.807) is 6.08 Å². The molecule has 0 saturated heterocycles. The minimum atomic E-state index is -0.431. The Morgan fingerprint density at radius 1 is 1.17 bits per heavy atom. The van der Waals surface area contributed by atoms with Crippen molar-refractivity contribution < 1.29 is 9.72 Å². The minimum Gasteiger partial charge on any atom is -0.295 e. The molecule has 0 N–H and O–H groups in total. The van der Waals surface area contributed by atoms with Gasteiger partial charge >= 0.3 is 0 Å². The number of rotatable bonds is 8. The first kappa shape index (κ1) is 18.5. The van der Waals surface area contributed by atoms with E-state index in [0.29, 0.717) is 0 Å². The number of hydrogen-bond acceptors (Lipinski definition) is 5. The second kappa shape index (κ2) is 8.89. The van der Waals surface area contributed by atoms with Gasteiger partial charge in [-0.2, -0.15) is 0 Å². The van der Waals surface area contributed by atoms with Gasteiger partial charge in [0, 0.05) is 21.7 Å². The zero-order valence-electron chi connectivity index (χ0n) is 13.6. The maximum Gasteiger partial charge on any atom is 0.211 e. The van der Waals surface area contributed by atoms with Gasteiger partial charge in [0.2, 0.25) is 6.54 Å². The molecule has 0 saturated carbocycles. The monoisotopic (exact) mass is 361 g/mol. The molecule has 6 heteroatoms. The van der Waals surface area contributed by atoms with Crippen molar-refractivity contribution >= 4 is 40.1 Å². The maximum absolute atomic E-state index is 12.3. The van der Waals surface area contributed by atoms with E-state index in [1.165, 1.54) is 23.5 Å². The molecular weight excluding hydrogens is 342 g/mol. The van der Waals surface area contributed by atoms with Gasteiger partial charge in [0.05, 0.1) is 5.92 Å². The standard InChI is InChI=1S/C18H19NO3S2/c1-23-18(24-2)11-15(20)10-14(12-19(21)22)17-9-5-7-13-6-3-4-8-16(13)17/h3-9,11,14H,10,12H2,1-2H3. The van der Waals surface area contributed by atoms with Gasteiger partial charge in [0.1, 0.15) is 0 Å². The second-order valence-corrected chi connectivity index (χ2v) is 7.28. The highest BCUT2D eigenvalue weighted by atomic mass is 32.2. The summed E-state index contributed by atoms with van der Waals surface area (Å²) in [6, 6.07) is 13.5. The number of benzene rings is 2. The normalized spacial score (nSPS) is 11.9. The number of ketones is 1. The molecule has 0 bridgehead atoms. The van der Waals surface area contributed by atoms with Gasteiger partial charge in [-0.3, -0.25) is 14.9 Å². The third-order valence-electron chi connectivity index (χ3n) is 3.76. The van der Waals surface area contributed by atoms with Crippen LogP contribution in [0.2, 0.25) is 0 Å². The van der Waals surface area contributed by atoms with Crippen molar-refractivity contribution in [1.29, 1.82) is 0 Å². The molecule has 1 atom stereocenters. The summed E-state index contributed by atoms with van der Waals surface area (Å²) < 4.78 is 0.915. The molecule has 126 valence electrons. The Hall–Kier alpha value is -1.79. The number of fused-ring (bicyclic) bond motifs is 1. The van der Waals surface area contributed by atoms with Crippen molar-refractivity contribution in [3.8, 4) is 0 Å². The lowest BCUT2D eigenvalue weighted by Crippen LogP contribution is -2.16. The summed E-state index contributed by atoms with van der Waals surface area (Å²) in [5.41, 5.74) is 0.862. The van der Waals surface area contributed by atoms with Gasteiger partial charge in [-0.05, 0) is 28.8 Å². The van der Waals surface area contributed by atoms with Crippen LogP contribution in [-0.4, -0.2) is 29.8 Å². The third-order valence-corrected chi connectivity index (χ3v) is 5.80. The quantitative estimate of drug-likeness (QED) is 0.386. The van der Waals surface area contributed by atoms with Crippen LogP contribution in [0.15, 0.2) is 52.8 Å². The Morgan fingerprint density at radius 2 is 1.83 bits per heavy atom. The van der Waals surface area contributed by atoms with Crippen LogP contribution in [0.4, 0.5) is 0 Å². The molecule has 0 aliphatic heterocycles. The summed E-state index contributed by atoms with van der Waals surface area (Å²) in [5.74, 6) is -0.506. The lowest BCUT2D eigenvalue weighted by Gasteiger charge is -2.15. The van der Waals surface area contributed by atoms with Crippen molar-refractivity contribution in [2.45, 2.75) is 12.3 Å². The van der Waals surface area contributed by atoms with Crippen LogP contribution in [0.1, 0.15) is 17.9 Å². The van der Waals surface area contributed by atoms with E-state index in [0.717, 1.165) is 20.6 Å². The third kappa shape index (κ3) is 4.85. The summed E-state index contributed by atoms with van der Waals surface area (Å²) >= 11 is 3.01. The summed E-state index contributed by atoms with van der Waals surface area (Å²) in [4.78, 5) is 23.1. The summed E-state index contributed by atoms with van der Waals surface area (Å²) in [5, 5.41) is 13.1. The molecule has 0 amide bonds. The summed E-state index contributed by atoms with van der Waals surface area (Å²) in [6.07, 6.45) is 5.55. The highest BCUT2D eigenvalue weighted by molar-refractivity contribution is 8.21. The van der Waals surface area contributed by atoms with Crippen molar-refractivity contribution in [3.63, 3.8) is 0 Å². The first-order chi connectivity index (χ1) is 11.5. The molecule has 2 aromatic carbocycles. The van der Waals surface area contributed by atoms with E-state index in [9.17, 15) is 14.9 Å². The first-order valence-corrected chi connectivity index (χ1v) is 9.92. The lowest BCUT2D eigenvalue weighted by molar-refractivity contribution is -0.483. The molecule has 0 aromatic heterocycles. The highest BCUT2D eigenvalue weighted by Crippen LogP contribution is 2.30. The fourth-order valence-electron chi connectivity index (χ4n) is 2.69. The topological polar surface area (TPSA) is 60.2 Å². The number of carbonyl (C=O) groups excluding carboxylic acids is 1. The van der Waals surface area contributed by atoms with Crippen LogP contribution in [0, 0.1) is 10.1 Å². The molecule has 1 unspecified atom stereocenters. The van der Waals surface area contributed by atoms with Crippen molar-refractivity contribution in [3.05, 3.63) is 68.5 Å². The number of hydrogen-bond donors (Lipinski definition) is 0. The van der Waals surface area contributed by atoms with Gasteiger partial charge in [-0.15, -0.1) is 23.5 Å². The molecule has 24 heavy (non-hydrogen) atoms. The Bertz CT molecular complexity index is 762. The van der Waals surface area contributed by atoms with Crippen LogP contribution in [0.5, 0.6) is 0 Å². The molecule has 0 aliphatic rings. The van der Waals surface area contributed by atoms with E-state index in [4.69, 9.17) is 0 Å². The molecule has 0 aliphatic carbocycles. The summed E-state index contributed by atoms with van der Waals surface area (Å²) in [7, 11) is 0.